The van der Waals surface area contributed by atoms with Gasteiger partial charge in [0.15, 0.2) is 11.4 Å². The second kappa shape index (κ2) is 10.0. The van der Waals surface area contributed by atoms with E-state index in [-0.39, 0.29) is 29.3 Å². The standard InChI is InChI=1S/C27H34N6O3/c1-17-6-8-21(9-7-17)24-29-26-22(27(34)36-23-19(3)14-18(2)15-20(23)4)25(28-5)32(33(26)30-24)16-31-10-12-35-13-11-31/h6-9,18-20,23H,10-16H2,1-4H3/p+1. The van der Waals surface area contributed by atoms with Gasteiger partial charge < -0.3 is 9.47 Å². The van der Waals surface area contributed by atoms with Crippen molar-refractivity contribution in [3.63, 3.8) is 0 Å². The minimum absolute atomic E-state index is 0.176. The molecule has 1 aliphatic carbocycles. The number of carbonyl (C=O) groups is 1. The van der Waals surface area contributed by atoms with Crippen molar-refractivity contribution in [3.05, 3.63) is 46.8 Å². The van der Waals surface area contributed by atoms with Crippen molar-refractivity contribution in [1.82, 2.24) is 19.6 Å². The average molecular weight is 492 g/mol. The molecule has 2 unspecified atom stereocenters. The number of hydrogen-bond donors (Lipinski definition) is 1. The molecular weight excluding hydrogens is 456 g/mol. The Hall–Kier alpha value is -3.22. The first-order valence-electron chi connectivity index (χ1n) is 12.9. The van der Waals surface area contributed by atoms with Crippen molar-refractivity contribution in [2.75, 3.05) is 26.3 Å². The van der Waals surface area contributed by atoms with E-state index in [1.165, 1.54) is 0 Å². The van der Waals surface area contributed by atoms with Crippen LogP contribution in [0.5, 0.6) is 0 Å². The number of carbonyl (C=O) groups excluding carboxylic acids is 1. The number of aryl methyl sites for hydroxylation is 1. The van der Waals surface area contributed by atoms with Gasteiger partial charge in [-0.05, 0) is 42.1 Å². The lowest BCUT2D eigenvalue weighted by atomic mass is 9.75. The Morgan fingerprint density at radius 3 is 2.50 bits per heavy atom. The van der Waals surface area contributed by atoms with Crippen LogP contribution < -0.4 is 4.68 Å². The smallest absolute Gasteiger partial charge is 0.459 e. The molecule has 1 N–H and O–H groups in total. The van der Waals surface area contributed by atoms with E-state index >= 15 is 0 Å². The number of aromatic amines is 1. The number of esters is 1. The van der Waals surface area contributed by atoms with Gasteiger partial charge in [-0.1, -0.05) is 55.3 Å². The molecule has 1 saturated carbocycles. The second-order valence-corrected chi connectivity index (χ2v) is 10.6. The molecule has 1 aliphatic heterocycles. The van der Waals surface area contributed by atoms with Crippen molar-refractivity contribution in [1.29, 1.82) is 0 Å². The third kappa shape index (κ3) is 4.63. The van der Waals surface area contributed by atoms with E-state index in [4.69, 9.17) is 21.0 Å². The van der Waals surface area contributed by atoms with Crippen LogP contribution in [0.1, 0.15) is 49.5 Å². The fourth-order valence-corrected chi connectivity index (χ4v) is 5.80. The van der Waals surface area contributed by atoms with Gasteiger partial charge in [0, 0.05) is 18.7 Å². The molecule has 1 saturated heterocycles. The SMILES string of the molecule is [C-]#[N+]c1c(C(=O)OC2C(C)CC(C)CC2C)c2nc(-c3ccc(C)cc3)[nH]n2[n+]1CN1CCOCC1. The van der Waals surface area contributed by atoms with Crippen LogP contribution in [-0.2, 0) is 16.1 Å². The maximum Gasteiger partial charge on any atom is 0.463 e. The van der Waals surface area contributed by atoms with Crippen LogP contribution in [0, 0.1) is 31.2 Å². The highest BCUT2D eigenvalue weighted by atomic mass is 16.5. The maximum atomic E-state index is 13.7. The van der Waals surface area contributed by atoms with Crippen LogP contribution >= 0.6 is 0 Å². The lowest BCUT2D eigenvalue weighted by molar-refractivity contribution is -0.768. The number of hydrogen-bond acceptors (Lipinski definition) is 5. The van der Waals surface area contributed by atoms with Crippen molar-refractivity contribution in [3.8, 4) is 11.4 Å². The number of ether oxygens (including phenoxy) is 2. The van der Waals surface area contributed by atoms with Gasteiger partial charge in [0.2, 0.25) is 12.3 Å². The molecule has 0 amide bonds. The van der Waals surface area contributed by atoms with E-state index in [9.17, 15) is 4.79 Å². The van der Waals surface area contributed by atoms with E-state index in [1.54, 1.807) is 9.31 Å². The van der Waals surface area contributed by atoms with Crippen LogP contribution in [0.3, 0.4) is 0 Å². The fraction of sp³-hybridized carbons (Fsp3) is 0.556. The summed E-state index contributed by atoms with van der Waals surface area (Å²) in [5.41, 5.74) is 2.71. The number of fused-ring (bicyclic) bond motifs is 1. The highest BCUT2D eigenvalue weighted by molar-refractivity contribution is 6.00. The summed E-state index contributed by atoms with van der Waals surface area (Å²) in [6.45, 7) is 19.8. The minimum Gasteiger partial charge on any atom is -0.459 e. The molecule has 2 aliphatic rings. The van der Waals surface area contributed by atoms with Crippen LogP contribution in [0.25, 0.3) is 21.9 Å². The van der Waals surface area contributed by atoms with E-state index in [0.717, 1.165) is 37.1 Å². The van der Waals surface area contributed by atoms with Gasteiger partial charge in [-0.2, -0.15) is 4.85 Å². The van der Waals surface area contributed by atoms with Gasteiger partial charge in [-0.3, -0.25) is 0 Å². The van der Waals surface area contributed by atoms with Gasteiger partial charge in [-0.25, -0.2) is 19.8 Å². The number of morpholine rings is 1. The van der Waals surface area contributed by atoms with Gasteiger partial charge in [-0.15, -0.1) is 0 Å². The minimum atomic E-state index is -0.473. The Kier molecular flexibility index (Phi) is 6.82. The van der Waals surface area contributed by atoms with E-state index < -0.39 is 5.97 Å². The highest BCUT2D eigenvalue weighted by Gasteiger charge is 2.40. The first kappa shape index (κ1) is 24.5. The summed E-state index contributed by atoms with van der Waals surface area (Å²) in [4.78, 5) is 24.5. The van der Waals surface area contributed by atoms with Gasteiger partial charge in [0.25, 0.3) is 0 Å². The van der Waals surface area contributed by atoms with Crippen LogP contribution in [0.2, 0.25) is 0 Å². The normalized spacial score (nSPS) is 25.1. The predicted molar refractivity (Wildman–Crippen MR) is 134 cm³/mol. The molecule has 0 spiro atoms. The lowest BCUT2D eigenvalue weighted by Crippen LogP contribution is -2.51. The number of nitrogens with one attached hydrogen (secondary N) is 1. The van der Waals surface area contributed by atoms with Crippen LogP contribution in [0.4, 0.5) is 5.82 Å². The molecule has 2 atom stereocenters. The number of aromatic nitrogens is 4. The Morgan fingerprint density at radius 1 is 1.19 bits per heavy atom. The topological polar surface area (TPSA) is 80.1 Å². The summed E-state index contributed by atoms with van der Waals surface area (Å²) in [5.74, 6) is 1.56. The third-order valence-electron chi connectivity index (χ3n) is 7.55. The second-order valence-electron chi connectivity index (χ2n) is 10.6. The number of rotatable bonds is 5. The molecule has 1 aromatic carbocycles. The Labute approximate surface area is 211 Å². The monoisotopic (exact) mass is 491 g/mol. The van der Waals surface area contributed by atoms with Crippen molar-refractivity contribution in [2.24, 2.45) is 17.8 Å². The first-order valence-corrected chi connectivity index (χ1v) is 12.9. The van der Waals surface area contributed by atoms with Crippen molar-refractivity contribution in [2.45, 2.75) is 53.3 Å². The van der Waals surface area contributed by atoms with Gasteiger partial charge >= 0.3 is 11.8 Å². The zero-order valence-electron chi connectivity index (χ0n) is 21.5. The molecule has 3 heterocycles. The van der Waals surface area contributed by atoms with Crippen molar-refractivity contribution < 1.29 is 19.0 Å². The summed E-state index contributed by atoms with van der Waals surface area (Å²) in [5, 5.41) is 3.33. The molecular formula is C27H35N6O3+. The zero-order valence-corrected chi connectivity index (χ0v) is 21.5. The summed E-state index contributed by atoms with van der Waals surface area (Å²) >= 11 is 0. The van der Waals surface area contributed by atoms with Gasteiger partial charge in [0.1, 0.15) is 12.7 Å². The largest absolute Gasteiger partial charge is 0.463 e. The highest BCUT2D eigenvalue weighted by Crippen LogP contribution is 2.36. The summed E-state index contributed by atoms with van der Waals surface area (Å²) < 4.78 is 15.2. The van der Waals surface area contributed by atoms with Gasteiger partial charge in [0.05, 0.1) is 13.2 Å². The molecule has 3 aromatic rings. The predicted octanol–water partition coefficient (Wildman–Crippen LogP) is 3.99. The van der Waals surface area contributed by atoms with E-state index in [0.29, 0.717) is 37.3 Å². The first-order chi connectivity index (χ1) is 17.4. The van der Waals surface area contributed by atoms with E-state index in [1.807, 2.05) is 31.2 Å². The Balaban J connectivity index is 1.56. The summed E-state index contributed by atoms with van der Waals surface area (Å²) in [7, 11) is 0. The number of benzene rings is 1. The zero-order chi connectivity index (χ0) is 25.4. The fourth-order valence-electron chi connectivity index (χ4n) is 5.80. The number of nitrogens with zero attached hydrogens (tertiary/aromatic N) is 5. The maximum absolute atomic E-state index is 13.7. The molecule has 5 rings (SSSR count). The molecule has 2 aromatic heterocycles. The molecule has 9 heteroatoms. The number of H-pyrrole nitrogens is 1. The van der Waals surface area contributed by atoms with Crippen molar-refractivity contribution >= 4 is 17.4 Å². The third-order valence-corrected chi connectivity index (χ3v) is 7.55. The van der Waals surface area contributed by atoms with Crippen LogP contribution in [0.15, 0.2) is 24.3 Å². The lowest BCUT2D eigenvalue weighted by Gasteiger charge is -2.37. The quantitative estimate of drug-likeness (QED) is 0.332. The Bertz CT molecular complexity index is 1270. The molecule has 36 heavy (non-hydrogen) atoms. The molecule has 2 fully saturated rings. The van der Waals surface area contributed by atoms with Crippen LogP contribution in [-0.4, -0.2) is 58.0 Å². The Morgan fingerprint density at radius 2 is 1.86 bits per heavy atom. The average Bonchev–Trinajstić information content (AvgIpc) is 3.40. The molecule has 190 valence electrons. The molecule has 0 radical (unpaired) electrons. The molecule has 9 nitrogen and oxygen atoms in total. The summed E-state index contributed by atoms with van der Waals surface area (Å²) in [6.07, 6.45) is 1.88. The van der Waals surface area contributed by atoms with E-state index in [2.05, 4.69) is 35.6 Å². The molecule has 0 bridgehead atoms. The summed E-state index contributed by atoms with van der Waals surface area (Å²) in [6, 6.07) is 8.06.